The summed E-state index contributed by atoms with van der Waals surface area (Å²) in [4.78, 5) is 5.37. The third kappa shape index (κ3) is 3.18. The summed E-state index contributed by atoms with van der Waals surface area (Å²) in [6.45, 7) is 7.60. The van der Waals surface area contributed by atoms with E-state index in [4.69, 9.17) is 0 Å². The van der Waals surface area contributed by atoms with Gasteiger partial charge in [-0.2, -0.15) is 0 Å². The highest BCUT2D eigenvalue weighted by molar-refractivity contribution is 4.85. The third-order valence-electron chi connectivity index (χ3n) is 3.93. The molecule has 0 N–H and O–H groups in total. The van der Waals surface area contributed by atoms with Crippen LogP contribution in [-0.4, -0.2) is 42.1 Å². The van der Waals surface area contributed by atoms with Gasteiger partial charge in [0.25, 0.3) is 0 Å². The van der Waals surface area contributed by atoms with Crippen LogP contribution >= 0.6 is 0 Å². The number of piperidine rings is 1. The molecule has 0 spiro atoms. The Hall–Kier alpha value is -0.0800. The minimum atomic E-state index is 0.907. The van der Waals surface area contributed by atoms with E-state index in [2.05, 4.69) is 16.7 Å². The molecule has 2 aliphatic rings. The molecule has 1 unspecified atom stereocenters. The fourth-order valence-electron chi connectivity index (χ4n) is 2.99. The van der Waals surface area contributed by atoms with Gasteiger partial charge in [0, 0.05) is 12.6 Å². The third-order valence-corrected chi connectivity index (χ3v) is 3.93. The van der Waals surface area contributed by atoms with Crippen molar-refractivity contribution < 1.29 is 0 Å². The largest absolute Gasteiger partial charge is 0.289 e. The Morgan fingerprint density at radius 3 is 2.87 bits per heavy atom. The standard InChI is InChI=1S/C13H26N2/c1-2-3-4-6-9-14-11-13-8-5-7-10-15(13)12-14/h13H,2-12H2,1H3. The molecule has 2 nitrogen and oxygen atoms in total. The first-order valence-corrected chi connectivity index (χ1v) is 6.86. The second-order valence-electron chi connectivity index (χ2n) is 5.24. The van der Waals surface area contributed by atoms with Gasteiger partial charge >= 0.3 is 0 Å². The smallest absolute Gasteiger partial charge is 0.0510 e. The predicted molar refractivity (Wildman–Crippen MR) is 64.9 cm³/mol. The van der Waals surface area contributed by atoms with Gasteiger partial charge in [0.2, 0.25) is 0 Å². The zero-order chi connectivity index (χ0) is 10.5. The molecule has 0 amide bonds. The maximum Gasteiger partial charge on any atom is 0.0510 e. The van der Waals surface area contributed by atoms with Crippen LogP contribution in [0.2, 0.25) is 0 Å². The van der Waals surface area contributed by atoms with Crippen LogP contribution in [0, 0.1) is 0 Å². The Morgan fingerprint density at radius 1 is 1.13 bits per heavy atom. The van der Waals surface area contributed by atoms with Gasteiger partial charge in [-0.05, 0) is 32.4 Å². The van der Waals surface area contributed by atoms with E-state index in [0.717, 1.165) is 6.04 Å². The first-order chi connectivity index (χ1) is 7.40. The van der Waals surface area contributed by atoms with E-state index in [1.54, 1.807) is 0 Å². The van der Waals surface area contributed by atoms with Gasteiger partial charge in [0.15, 0.2) is 0 Å². The predicted octanol–water partition coefficient (Wildman–Crippen LogP) is 2.69. The van der Waals surface area contributed by atoms with E-state index < -0.39 is 0 Å². The Morgan fingerprint density at radius 2 is 2.07 bits per heavy atom. The fraction of sp³-hybridized carbons (Fsp3) is 1.00. The first kappa shape index (κ1) is 11.4. The van der Waals surface area contributed by atoms with Crippen LogP contribution in [0.1, 0.15) is 51.9 Å². The molecule has 0 aromatic rings. The average Bonchev–Trinajstić information content (AvgIpc) is 2.67. The van der Waals surface area contributed by atoms with Crippen molar-refractivity contribution in [1.82, 2.24) is 9.80 Å². The first-order valence-electron chi connectivity index (χ1n) is 6.86. The normalized spacial score (nSPS) is 28.2. The topological polar surface area (TPSA) is 6.48 Å². The number of nitrogens with zero attached hydrogens (tertiary/aromatic N) is 2. The molecule has 0 radical (unpaired) electrons. The minimum Gasteiger partial charge on any atom is -0.289 e. The Balaban J connectivity index is 1.63. The highest BCUT2D eigenvalue weighted by Gasteiger charge is 2.31. The van der Waals surface area contributed by atoms with Crippen molar-refractivity contribution in [2.45, 2.75) is 57.9 Å². The monoisotopic (exact) mass is 210 g/mol. The molecular weight excluding hydrogens is 184 g/mol. The summed E-state index contributed by atoms with van der Waals surface area (Å²) in [5.74, 6) is 0. The lowest BCUT2D eigenvalue weighted by Crippen LogP contribution is -2.35. The van der Waals surface area contributed by atoms with E-state index in [-0.39, 0.29) is 0 Å². The van der Waals surface area contributed by atoms with Crippen molar-refractivity contribution in [3.05, 3.63) is 0 Å². The number of hydrogen-bond donors (Lipinski definition) is 0. The number of hydrogen-bond acceptors (Lipinski definition) is 2. The zero-order valence-corrected chi connectivity index (χ0v) is 10.2. The Bertz CT molecular complexity index is 167. The van der Waals surface area contributed by atoms with Gasteiger partial charge in [0.05, 0.1) is 6.67 Å². The average molecular weight is 210 g/mol. The molecule has 0 aliphatic carbocycles. The van der Waals surface area contributed by atoms with Crippen molar-refractivity contribution in [2.75, 3.05) is 26.3 Å². The molecule has 15 heavy (non-hydrogen) atoms. The summed E-state index contributed by atoms with van der Waals surface area (Å²) >= 11 is 0. The zero-order valence-electron chi connectivity index (χ0n) is 10.2. The molecule has 0 aromatic carbocycles. The van der Waals surface area contributed by atoms with E-state index >= 15 is 0 Å². The van der Waals surface area contributed by atoms with Gasteiger partial charge in [-0.1, -0.05) is 32.6 Å². The number of unbranched alkanes of at least 4 members (excludes halogenated alkanes) is 3. The highest BCUT2D eigenvalue weighted by atomic mass is 15.4. The van der Waals surface area contributed by atoms with Crippen molar-refractivity contribution >= 4 is 0 Å². The summed E-state index contributed by atoms with van der Waals surface area (Å²) in [5, 5.41) is 0. The molecule has 2 rings (SSSR count). The molecule has 2 fully saturated rings. The molecule has 2 saturated heterocycles. The van der Waals surface area contributed by atoms with Gasteiger partial charge < -0.3 is 0 Å². The van der Waals surface area contributed by atoms with Crippen LogP contribution in [0.25, 0.3) is 0 Å². The fourth-order valence-corrected chi connectivity index (χ4v) is 2.99. The van der Waals surface area contributed by atoms with Gasteiger partial charge in [-0.25, -0.2) is 0 Å². The Kier molecular flexibility index (Phi) is 4.45. The summed E-state index contributed by atoms with van der Waals surface area (Å²) in [6.07, 6.45) is 9.96. The van der Waals surface area contributed by atoms with Crippen LogP contribution in [0.15, 0.2) is 0 Å². The molecule has 2 heterocycles. The van der Waals surface area contributed by atoms with E-state index in [0.29, 0.717) is 0 Å². The molecule has 0 aromatic heterocycles. The highest BCUT2D eigenvalue weighted by Crippen LogP contribution is 2.23. The quantitative estimate of drug-likeness (QED) is 0.644. The molecule has 2 aliphatic heterocycles. The summed E-state index contributed by atoms with van der Waals surface area (Å²) in [7, 11) is 0. The maximum absolute atomic E-state index is 2.70. The molecule has 88 valence electrons. The second kappa shape index (κ2) is 5.86. The van der Waals surface area contributed by atoms with Gasteiger partial charge in [0.1, 0.15) is 0 Å². The molecule has 0 bridgehead atoms. The SMILES string of the molecule is CCCCCCN1CC2CCCCN2C1. The molecule has 2 heteroatoms. The van der Waals surface area contributed by atoms with Crippen LogP contribution in [-0.2, 0) is 0 Å². The molecule has 1 atom stereocenters. The van der Waals surface area contributed by atoms with Crippen molar-refractivity contribution in [3.8, 4) is 0 Å². The van der Waals surface area contributed by atoms with Crippen LogP contribution in [0.3, 0.4) is 0 Å². The summed E-state index contributed by atoms with van der Waals surface area (Å²) in [6, 6.07) is 0.907. The summed E-state index contributed by atoms with van der Waals surface area (Å²) in [5.41, 5.74) is 0. The van der Waals surface area contributed by atoms with Crippen molar-refractivity contribution in [1.29, 1.82) is 0 Å². The van der Waals surface area contributed by atoms with Crippen molar-refractivity contribution in [2.24, 2.45) is 0 Å². The van der Waals surface area contributed by atoms with Crippen LogP contribution < -0.4 is 0 Å². The summed E-state index contributed by atoms with van der Waals surface area (Å²) < 4.78 is 0. The van der Waals surface area contributed by atoms with Crippen LogP contribution in [0.5, 0.6) is 0 Å². The molecular formula is C13H26N2. The van der Waals surface area contributed by atoms with Gasteiger partial charge in [-0.15, -0.1) is 0 Å². The molecule has 0 saturated carbocycles. The number of rotatable bonds is 5. The van der Waals surface area contributed by atoms with E-state index in [9.17, 15) is 0 Å². The Labute approximate surface area is 94.6 Å². The van der Waals surface area contributed by atoms with E-state index in [1.165, 1.54) is 71.2 Å². The van der Waals surface area contributed by atoms with Crippen LogP contribution in [0.4, 0.5) is 0 Å². The number of fused-ring (bicyclic) bond motifs is 1. The van der Waals surface area contributed by atoms with E-state index in [1.807, 2.05) is 0 Å². The van der Waals surface area contributed by atoms with Crippen molar-refractivity contribution in [3.63, 3.8) is 0 Å². The second-order valence-corrected chi connectivity index (χ2v) is 5.24. The van der Waals surface area contributed by atoms with Gasteiger partial charge in [-0.3, -0.25) is 9.80 Å². The lowest BCUT2D eigenvalue weighted by atomic mass is 10.0. The maximum atomic E-state index is 2.70. The lowest BCUT2D eigenvalue weighted by molar-refractivity contribution is 0.184. The lowest BCUT2D eigenvalue weighted by Gasteiger charge is -2.27. The minimum absolute atomic E-state index is 0.907.